The first-order chi connectivity index (χ1) is 9.72. The number of rotatable bonds is 4. The number of amides is 1. The summed E-state index contributed by atoms with van der Waals surface area (Å²) in [5.41, 5.74) is 6.11. The fourth-order valence-electron chi connectivity index (χ4n) is 3.85. The smallest absolute Gasteiger partial charge is 0.222 e. The van der Waals surface area contributed by atoms with Crippen molar-refractivity contribution in [2.75, 3.05) is 0 Å². The van der Waals surface area contributed by atoms with Crippen LogP contribution in [0.5, 0.6) is 0 Å². The van der Waals surface area contributed by atoms with Crippen LogP contribution in [0.4, 0.5) is 0 Å². The van der Waals surface area contributed by atoms with E-state index in [0.29, 0.717) is 36.9 Å². The Kier molecular flexibility index (Phi) is 5.58. The highest BCUT2D eigenvalue weighted by atomic mass is 35.5. The first-order valence-electron chi connectivity index (χ1n) is 7.59. The maximum Gasteiger partial charge on any atom is 0.222 e. The van der Waals surface area contributed by atoms with E-state index in [4.69, 9.17) is 5.73 Å². The minimum atomic E-state index is 0. The lowest BCUT2D eigenvalue weighted by atomic mass is 9.67. The monoisotopic (exact) mass is 313 g/mol. The SMILES string of the molecule is Cl.NC1CC2CCCC(C1)C2NC(=O)CCn1cncn1. The van der Waals surface area contributed by atoms with Crippen LogP contribution in [-0.2, 0) is 11.3 Å². The van der Waals surface area contributed by atoms with E-state index in [2.05, 4.69) is 15.4 Å². The predicted molar refractivity (Wildman–Crippen MR) is 81.9 cm³/mol. The molecule has 2 aliphatic rings. The zero-order chi connectivity index (χ0) is 13.9. The van der Waals surface area contributed by atoms with Gasteiger partial charge in [0.2, 0.25) is 5.91 Å². The molecule has 6 nitrogen and oxygen atoms in total. The lowest BCUT2D eigenvalue weighted by molar-refractivity contribution is -0.123. The molecule has 21 heavy (non-hydrogen) atoms. The topological polar surface area (TPSA) is 85.8 Å². The number of halogens is 1. The molecular weight excluding hydrogens is 290 g/mol. The summed E-state index contributed by atoms with van der Waals surface area (Å²) in [4.78, 5) is 16.0. The number of hydrogen-bond acceptors (Lipinski definition) is 4. The van der Waals surface area contributed by atoms with Gasteiger partial charge in [0.1, 0.15) is 12.7 Å². The van der Waals surface area contributed by atoms with E-state index >= 15 is 0 Å². The van der Waals surface area contributed by atoms with Gasteiger partial charge in [-0.25, -0.2) is 4.98 Å². The Morgan fingerprint density at radius 1 is 1.33 bits per heavy atom. The van der Waals surface area contributed by atoms with Gasteiger partial charge in [0, 0.05) is 18.5 Å². The zero-order valence-electron chi connectivity index (χ0n) is 12.1. The number of nitrogens with one attached hydrogen (secondary N) is 1. The number of fused-ring (bicyclic) bond motifs is 2. The van der Waals surface area contributed by atoms with Gasteiger partial charge >= 0.3 is 0 Å². The maximum atomic E-state index is 12.1. The summed E-state index contributed by atoms with van der Waals surface area (Å²) < 4.78 is 1.69. The normalized spacial score (nSPS) is 31.3. The summed E-state index contributed by atoms with van der Waals surface area (Å²) in [6, 6.07) is 0.667. The molecule has 3 N–H and O–H groups in total. The maximum absolute atomic E-state index is 12.1. The molecule has 1 aromatic rings. The Hall–Kier alpha value is -1.14. The minimum absolute atomic E-state index is 0. The van der Waals surface area contributed by atoms with Crippen LogP contribution >= 0.6 is 12.4 Å². The number of carbonyl (C=O) groups excluding carboxylic acids is 1. The fourth-order valence-corrected chi connectivity index (χ4v) is 3.85. The third kappa shape index (κ3) is 3.95. The summed E-state index contributed by atoms with van der Waals surface area (Å²) in [6.07, 6.45) is 9.41. The van der Waals surface area contributed by atoms with Crippen molar-refractivity contribution >= 4 is 18.3 Å². The molecule has 0 radical (unpaired) electrons. The first kappa shape index (κ1) is 16.2. The lowest BCUT2D eigenvalue weighted by Gasteiger charge is -2.45. The molecular formula is C14H24ClN5O. The van der Waals surface area contributed by atoms with Crippen molar-refractivity contribution in [2.45, 2.75) is 57.2 Å². The van der Waals surface area contributed by atoms with E-state index in [9.17, 15) is 4.79 Å². The summed E-state index contributed by atoms with van der Waals surface area (Å²) in [6.45, 7) is 0.591. The molecule has 3 rings (SSSR count). The lowest BCUT2D eigenvalue weighted by Crippen LogP contribution is -2.53. The second-order valence-corrected chi connectivity index (χ2v) is 6.18. The zero-order valence-corrected chi connectivity index (χ0v) is 13.0. The van der Waals surface area contributed by atoms with Gasteiger partial charge in [-0.3, -0.25) is 9.48 Å². The van der Waals surface area contributed by atoms with Gasteiger partial charge in [-0.15, -0.1) is 12.4 Å². The van der Waals surface area contributed by atoms with Gasteiger partial charge in [0.05, 0.1) is 6.54 Å². The van der Waals surface area contributed by atoms with Crippen molar-refractivity contribution in [2.24, 2.45) is 17.6 Å². The molecule has 0 aliphatic heterocycles. The molecule has 2 unspecified atom stereocenters. The van der Waals surface area contributed by atoms with E-state index in [0.717, 1.165) is 12.8 Å². The average molecular weight is 314 g/mol. The fraction of sp³-hybridized carbons (Fsp3) is 0.786. The molecule has 1 aromatic heterocycles. The second kappa shape index (κ2) is 7.22. The molecule has 0 saturated heterocycles. The van der Waals surface area contributed by atoms with Crippen LogP contribution in [0, 0.1) is 11.8 Å². The highest BCUT2D eigenvalue weighted by Gasteiger charge is 2.39. The van der Waals surface area contributed by atoms with Crippen molar-refractivity contribution in [1.82, 2.24) is 20.1 Å². The molecule has 2 aliphatic carbocycles. The van der Waals surface area contributed by atoms with E-state index in [1.807, 2.05) is 0 Å². The number of aryl methyl sites for hydroxylation is 1. The van der Waals surface area contributed by atoms with Gasteiger partial charge in [-0.1, -0.05) is 6.42 Å². The molecule has 2 atom stereocenters. The number of aromatic nitrogens is 3. The highest BCUT2D eigenvalue weighted by Crippen LogP contribution is 2.39. The van der Waals surface area contributed by atoms with E-state index < -0.39 is 0 Å². The molecule has 1 amide bonds. The van der Waals surface area contributed by atoms with Crippen molar-refractivity contribution in [3.63, 3.8) is 0 Å². The Labute approximate surface area is 131 Å². The Balaban J connectivity index is 0.00000161. The molecule has 7 heteroatoms. The summed E-state index contributed by atoms with van der Waals surface area (Å²) >= 11 is 0. The predicted octanol–water partition coefficient (Wildman–Crippen LogP) is 1.11. The van der Waals surface area contributed by atoms with Crippen molar-refractivity contribution < 1.29 is 4.79 Å². The third-order valence-corrected chi connectivity index (χ3v) is 4.74. The summed E-state index contributed by atoms with van der Waals surface area (Å²) in [7, 11) is 0. The van der Waals surface area contributed by atoms with Crippen LogP contribution in [0.25, 0.3) is 0 Å². The molecule has 1 heterocycles. The van der Waals surface area contributed by atoms with Crippen LogP contribution in [-0.4, -0.2) is 32.8 Å². The van der Waals surface area contributed by atoms with Gasteiger partial charge in [-0.2, -0.15) is 5.10 Å². The van der Waals surface area contributed by atoms with Gasteiger partial charge in [0.25, 0.3) is 0 Å². The van der Waals surface area contributed by atoms with Crippen molar-refractivity contribution in [3.8, 4) is 0 Å². The summed E-state index contributed by atoms with van der Waals surface area (Å²) in [5, 5.41) is 7.26. The number of nitrogens with two attached hydrogens (primary N) is 1. The quantitative estimate of drug-likeness (QED) is 0.872. The van der Waals surface area contributed by atoms with Crippen LogP contribution in [0.15, 0.2) is 12.7 Å². The third-order valence-electron chi connectivity index (χ3n) is 4.74. The minimum Gasteiger partial charge on any atom is -0.353 e. The van der Waals surface area contributed by atoms with Gasteiger partial charge < -0.3 is 11.1 Å². The Morgan fingerprint density at radius 2 is 2.05 bits per heavy atom. The summed E-state index contributed by atoms with van der Waals surface area (Å²) in [5.74, 6) is 1.28. The van der Waals surface area contributed by atoms with E-state index in [-0.39, 0.29) is 18.3 Å². The molecule has 0 aromatic carbocycles. The van der Waals surface area contributed by atoms with Gasteiger partial charge in [0.15, 0.2) is 0 Å². The van der Waals surface area contributed by atoms with E-state index in [1.54, 1.807) is 11.0 Å². The van der Waals surface area contributed by atoms with Crippen LogP contribution in [0.1, 0.15) is 38.5 Å². The van der Waals surface area contributed by atoms with Crippen LogP contribution in [0.3, 0.4) is 0 Å². The largest absolute Gasteiger partial charge is 0.353 e. The number of hydrogen-bond donors (Lipinski definition) is 2. The van der Waals surface area contributed by atoms with Crippen LogP contribution in [0.2, 0.25) is 0 Å². The molecule has 2 fully saturated rings. The van der Waals surface area contributed by atoms with Crippen molar-refractivity contribution in [1.29, 1.82) is 0 Å². The number of carbonyl (C=O) groups is 1. The average Bonchev–Trinajstić information content (AvgIpc) is 2.91. The van der Waals surface area contributed by atoms with Crippen molar-refractivity contribution in [3.05, 3.63) is 12.7 Å². The van der Waals surface area contributed by atoms with Crippen LogP contribution < -0.4 is 11.1 Å². The molecule has 0 spiro atoms. The molecule has 2 saturated carbocycles. The molecule has 118 valence electrons. The Morgan fingerprint density at radius 3 is 2.67 bits per heavy atom. The van der Waals surface area contributed by atoms with Gasteiger partial charge in [-0.05, 0) is 37.5 Å². The second-order valence-electron chi connectivity index (χ2n) is 6.18. The number of nitrogens with zero attached hydrogens (tertiary/aromatic N) is 3. The Bertz CT molecular complexity index is 438. The van der Waals surface area contributed by atoms with E-state index in [1.165, 1.54) is 25.6 Å². The highest BCUT2D eigenvalue weighted by molar-refractivity contribution is 5.85. The first-order valence-corrected chi connectivity index (χ1v) is 7.59. The molecule has 2 bridgehead atoms. The standard InChI is InChI=1S/C14H23N5O.ClH/c15-12-6-10-2-1-3-11(7-12)14(10)18-13(20)4-5-19-9-16-8-17-19;/h8-12,14H,1-7,15H2,(H,18,20);1H.